The lowest BCUT2D eigenvalue weighted by atomic mass is 9.98. The minimum Gasteiger partial charge on any atom is -0.323 e. The van der Waals surface area contributed by atoms with E-state index in [1.807, 2.05) is 44.2 Å². The lowest BCUT2D eigenvalue weighted by molar-refractivity contribution is -0.137. The zero-order valence-electron chi connectivity index (χ0n) is 18.0. The molecule has 1 amide bonds. The van der Waals surface area contributed by atoms with Gasteiger partial charge in [-0.1, -0.05) is 37.3 Å². The molecule has 1 N–H and O–H groups in total. The fraction of sp³-hybridized carbons (Fsp3) is 0.208. The van der Waals surface area contributed by atoms with Gasteiger partial charge in [0.25, 0.3) is 5.91 Å². The molecule has 0 saturated carbocycles. The van der Waals surface area contributed by atoms with E-state index < -0.39 is 29.0 Å². The predicted molar refractivity (Wildman–Crippen MR) is 117 cm³/mol. The van der Waals surface area contributed by atoms with Crippen molar-refractivity contribution in [3.05, 3.63) is 82.9 Å². The zero-order valence-corrected chi connectivity index (χ0v) is 18.0. The highest BCUT2D eigenvalue weighted by Gasteiger charge is 2.36. The van der Waals surface area contributed by atoms with Crippen LogP contribution >= 0.6 is 0 Å². The van der Waals surface area contributed by atoms with Crippen LogP contribution in [0.1, 0.15) is 35.3 Å². The SMILES string of the molecule is CC1=NC(c2ccccc2)=C(NC(=O)c2cc(-c3ccn(C)n3)c(C(F)(F)F)cc2F)C1C. The molecule has 170 valence electrons. The van der Waals surface area contributed by atoms with E-state index in [0.717, 1.165) is 17.3 Å². The van der Waals surface area contributed by atoms with Gasteiger partial charge >= 0.3 is 6.18 Å². The molecular weight excluding hydrogens is 436 g/mol. The minimum absolute atomic E-state index is 0.0172. The smallest absolute Gasteiger partial charge is 0.323 e. The lowest BCUT2D eigenvalue weighted by Gasteiger charge is -2.16. The summed E-state index contributed by atoms with van der Waals surface area (Å²) >= 11 is 0. The maximum atomic E-state index is 14.8. The van der Waals surface area contributed by atoms with Gasteiger partial charge in [0, 0.05) is 36.0 Å². The summed E-state index contributed by atoms with van der Waals surface area (Å²) in [6.45, 7) is 3.65. The first-order valence-electron chi connectivity index (χ1n) is 10.1. The van der Waals surface area contributed by atoms with Crippen molar-refractivity contribution >= 4 is 17.3 Å². The fourth-order valence-corrected chi connectivity index (χ4v) is 3.67. The molecule has 5 nitrogen and oxygen atoms in total. The van der Waals surface area contributed by atoms with Crippen LogP contribution in [-0.2, 0) is 13.2 Å². The number of halogens is 4. The zero-order chi connectivity index (χ0) is 23.9. The largest absolute Gasteiger partial charge is 0.417 e. The van der Waals surface area contributed by atoms with Gasteiger partial charge < -0.3 is 5.32 Å². The van der Waals surface area contributed by atoms with Crippen LogP contribution in [0.2, 0.25) is 0 Å². The topological polar surface area (TPSA) is 59.3 Å². The van der Waals surface area contributed by atoms with E-state index in [9.17, 15) is 22.4 Å². The number of rotatable bonds is 4. The second-order valence-electron chi connectivity index (χ2n) is 7.81. The average Bonchev–Trinajstić information content (AvgIpc) is 3.32. The Kier molecular flexibility index (Phi) is 5.65. The highest BCUT2D eigenvalue weighted by molar-refractivity contribution is 6.03. The molecule has 1 unspecified atom stereocenters. The van der Waals surface area contributed by atoms with Gasteiger partial charge in [-0.2, -0.15) is 18.3 Å². The Morgan fingerprint density at radius 3 is 2.42 bits per heavy atom. The third-order valence-corrected chi connectivity index (χ3v) is 5.55. The van der Waals surface area contributed by atoms with Crippen LogP contribution in [0.15, 0.2) is 65.4 Å². The van der Waals surface area contributed by atoms with Crippen LogP contribution in [0.25, 0.3) is 17.0 Å². The Hall–Kier alpha value is -3.75. The number of alkyl halides is 3. The van der Waals surface area contributed by atoms with Crippen molar-refractivity contribution in [2.45, 2.75) is 20.0 Å². The van der Waals surface area contributed by atoms with Crippen LogP contribution in [0, 0.1) is 11.7 Å². The molecule has 1 aromatic heterocycles. The summed E-state index contributed by atoms with van der Waals surface area (Å²) in [5.41, 5.74) is 0.404. The first kappa shape index (κ1) is 22.4. The van der Waals surface area contributed by atoms with Gasteiger partial charge in [-0.15, -0.1) is 0 Å². The number of hydrogen-bond donors (Lipinski definition) is 1. The molecule has 1 aliphatic rings. The second kappa shape index (κ2) is 8.31. The molecule has 9 heteroatoms. The summed E-state index contributed by atoms with van der Waals surface area (Å²) in [6.07, 6.45) is -3.35. The normalized spacial score (nSPS) is 16.2. The number of carbonyl (C=O) groups excluding carboxylic acids is 1. The Labute approximate surface area is 187 Å². The van der Waals surface area contributed by atoms with Crippen LogP contribution in [0.3, 0.4) is 0 Å². The first-order valence-corrected chi connectivity index (χ1v) is 10.1. The highest BCUT2D eigenvalue weighted by Crippen LogP contribution is 2.38. The maximum Gasteiger partial charge on any atom is 0.417 e. The molecule has 3 aromatic rings. The second-order valence-corrected chi connectivity index (χ2v) is 7.81. The van der Waals surface area contributed by atoms with Crippen molar-refractivity contribution in [3.8, 4) is 11.3 Å². The summed E-state index contributed by atoms with van der Waals surface area (Å²) < 4.78 is 56.9. The number of aliphatic imine (C=N–C) groups is 1. The number of amides is 1. The Bertz CT molecular complexity index is 1290. The molecule has 33 heavy (non-hydrogen) atoms. The molecule has 0 bridgehead atoms. The van der Waals surface area contributed by atoms with Gasteiger partial charge in [-0.25, -0.2) is 4.39 Å². The third kappa shape index (κ3) is 4.30. The van der Waals surface area contributed by atoms with Crippen molar-refractivity contribution in [2.75, 3.05) is 0 Å². The van der Waals surface area contributed by atoms with Gasteiger partial charge in [0.15, 0.2) is 0 Å². The summed E-state index contributed by atoms with van der Waals surface area (Å²) in [4.78, 5) is 17.6. The van der Waals surface area contributed by atoms with E-state index in [1.165, 1.54) is 16.9 Å². The third-order valence-electron chi connectivity index (χ3n) is 5.55. The average molecular weight is 456 g/mol. The molecule has 1 atom stereocenters. The van der Waals surface area contributed by atoms with E-state index in [1.54, 1.807) is 7.05 Å². The molecule has 0 radical (unpaired) electrons. The van der Waals surface area contributed by atoms with Gasteiger partial charge in [0.2, 0.25) is 0 Å². The van der Waals surface area contributed by atoms with Crippen molar-refractivity contribution < 1.29 is 22.4 Å². The van der Waals surface area contributed by atoms with E-state index in [-0.39, 0.29) is 17.2 Å². The number of aromatic nitrogens is 2. The number of carbonyl (C=O) groups is 1. The minimum atomic E-state index is -4.82. The lowest BCUT2D eigenvalue weighted by Crippen LogP contribution is -2.28. The van der Waals surface area contributed by atoms with Gasteiger partial charge in [0.1, 0.15) is 5.82 Å². The van der Waals surface area contributed by atoms with Crippen LogP contribution in [0.4, 0.5) is 17.6 Å². The van der Waals surface area contributed by atoms with Crippen molar-refractivity contribution in [1.29, 1.82) is 0 Å². The first-order chi connectivity index (χ1) is 15.6. The fourth-order valence-electron chi connectivity index (χ4n) is 3.67. The summed E-state index contributed by atoms with van der Waals surface area (Å²) in [5, 5.41) is 6.68. The summed E-state index contributed by atoms with van der Waals surface area (Å²) in [7, 11) is 1.55. The molecular formula is C24H20F4N4O. The number of nitrogens with one attached hydrogen (secondary N) is 1. The monoisotopic (exact) mass is 456 g/mol. The highest BCUT2D eigenvalue weighted by atomic mass is 19.4. The van der Waals surface area contributed by atoms with Crippen molar-refractivity contribution in [3.63, 3.8) is 0 Å². The predicted octanol–water partition coefficient (Wildman–Crippen LogP) is 5.45. The molecule has 2 aromatic carbocycles. The molecule has 1 aliphatic heterocycles. The van der Waals surface area contributed by atoms with Crippen LogP contribution in [-0.4, -0.2) is 21.4 Å². The Morgan fingerprint density at radius 2 is 1.82 bits per heavy atom. The Morgan fingerprint density at radius 1 is 1.12 bits per heavy atom. The van der Waals surface area contributed by atoms with E-state index in [0.29, 0.717) is 17.5 Å². The van der Waals surface area contributed by atoms with Crippen LogP contribution in [0.5, 0.6) is 0 Å². The van der Waals surface area contributed by atoms with Crippen LogP contribution < -0.4 is 5.32 Å². The molecule has 4 rings (SSSR count). The molecule has 0 fully saturated rings. The van der Waals surface area contributed by atoms with Gasteiger partial charge in [-0.05, 0) is 25.1 Å². The number of benzene rings is 2. The van der Waals surface area contributed by atoms with E-state index >= 15 is 0 Å². The molecule has 2 heterocycles. The maximum absolute atomic E-state index is 14.8. The number of hydrogen-bond acceptors (Lipinski definition) is 3. The van der Waals surface area contributed by atoms with E-state index in [4.69, 9.17) is 0 Å². The standard InChI is InChI=1S/C24H20F4N4O/c1-13-14(2)29-22(15-7-5-4-6-8-15)21(13)30-23(33)17-11-16(20-9-10-32(3)31-20)18(12-19(17)25)24(26,27)28/h4-13H,1-3H3,(H,30,33). The van der Waals surface area contributed by atoms with E-state index in [2.05, 4.69) is 15.4 Å². The van der Waals surface area contributed by atoms with Crippen molar-refractivity contribution in [1.82, 2.24) is 15.1 Å². The number of aryl methyl sites for hydroxylation is 1. The van der Waals surface area contributed by atoms with Crippen molar-refractivity contribution in [2.24, 2.45) is 18.0 Å². The molecule has 0 spiro atoms. The molecule has 0 saturated heterocycles. The summed E-state index contributed by atoms with van der Waals surface area (Å²) in [5.74, 6) is -2.39. The van der Waals surface area contributed by atoms with Gasteiger partial charge in [-0.3, -0.25) is 14.5 Å². The number of nitrogens with zero attached hydrogens (tertiary/aromatic N) is 3. The Balaban J connectivity index is 1.77. The van der Waals surface area contributed by atoms with Gasteiger partial charge in [0.05, 0.1) is 28.2 Å². The summed E-state index contributed by atoms with van der Waals surface area (Å²) in [6, 6.07) is 11.7. The molecule has 0 aliphatic carbocycles. The quantitative estimate of drug-likeness (QED) is 0.531. The number of allylic oxidation sites excluding steroid dienone is 1.